The highest BCUT2D eigenvalue weighted by molar-refractivity contribution is 7.89. The Kier molecular flexibility index (Phi) is 4.28. The summed E-state index contributed by atoms with van der Waals surface area (Å²) in [6.07, 6.45) is 0. The van der Waals surface area contributed by atoms with Gasteiger partial charge in [-0.25, -0.2) is 8.42 Å². The van der Waals surface area contributed by atoms with Gasteiger partial charge in [-0.1, -0.05) is 12.1 Å². The lowest BCUT2D eigenvalue weighted by Gasteiger charge is -2.17. The zero-order chi connectivity index (χ0) is 12.2. The second-order valence-corrected chi connectivity index (χ2v) is 5.21. The maximum absolute atomic E-state index is 12.0. The summed E-state index contributed by atoms with van der Waals surface area (Å²) in [5.41, 5.74) is 0. The molecule has 0 saturated carbocycles. The first-order chi connectivity index (χ1) is 7.54. The van der Waals surface area contributed by atoms with Gasteiger partial charge in [0.25, 0.3) is 0 Å². The third kappa shape index (κ3) is 2.52. The minimum Gasteiger partial charge on any atom is -0.495 e. The van der Waals surface area contributed by atoms with Crippen LogP contribution in [0.1, 0.15) is 0 Å². The summed E-state index contributed by atoms with van der Waals surface area (Å²) < 4.78 is 30.2. The Hall–Kier alpha value is -1.11. The molecule has 0 aliphatic heterocycles. The Morgan fingerprint density at radius 1 is 1.38 bits per heavy atom. The second kappa shape index (κ2) is 5.29. The van der Waals surface area contributed by atoms with E-state index in [1.165, 1.54) is 20.2 Å². The van der Waals surface area contributed by atoms with Crippen molar-refractivity contribution >= 4 is 10.0 Å². The van der Waals surface area contributed by atoms with Crippen LogP contribution >= 0.6 is 0 Å². The summed E-state index contributed by atoms with van der Waals surface area (Å²) in [4.78, 5) is 0.105. The van der Waals surface area contributed by atoms with Crippen LogP contribution in [-0.4, -0.2) is 45.1 Å². The quantitative estimate of drug-likeness (QED) is 0.810. The van der Waals surface area contributed by atoms with Crippen LogP contribution < -0.4 is 4.74 Å². The van der Waals surface area contributed by atoms with E-state index in [0.717, 1.165) is 4.31 Å². The molecule has 0 aliphatic carbocycles. The summed E-state index contributed by atoms with van der Waals surface area (Å²) in [5.74, 6) is 0.298. The zero-order valence-electron chi connectivity index (χ0n) is 9.25. The van der Waals surface area contributed by atoms with Crippen molar-refractivity contribution in [2.24, 2.45) is 0 Å². The number of hydrogen-bond donors (Lipinski definition) is 1. The highest BCUT2D eigenvalue weighted by atomic mass is 32.2. The van der Waals surface area contributed by atoms with Crippen LogP contribution in [-0.2, 0) is 10.0 Å². The van der Waals surface area contributed by atoms with Gasteiger partial charge in [0.2, 0.25) is 10.0 Å². The van der Waals surface area contributed by atoms with Gasteiger partial charge >= 0.3 is 0 Å². The van der Waals surface area contributed by atoms with Crippen molar-refractivity contribution in [3.8, 4) is 5.75 Å². The number of aliphatic hydroxyl groups excluding tert-OH is 1. The van der Waals surface area contributed by atoms with Crippen LogP contribution in [0.4, 0.5) is 0 Å². The first-order valence-corrected chi connectivity index (χ1v) is 6.18. The van der Waals surface area contributed by atoms with E-state index in [4.69, 9.17) is 9.84 Å². The van der Waals surface area contributed by atoms with Crippen molar-refractivity contribution in [3.05, 3.63) is 24.3 Å². The number of para-hydroxylation sites is 1. The van der Waals surface area contributed by atoms with Gasteiger partial charge in [0.1, 0.15) is 10.6 Å². The molecule has 0 saturated heterocycles. The smallest absolute Gasteiger partial charge is 0.246 e. The largest absolute Gasteiger partial charge is 0.495 e. The molecule has 90 valence electrons. The topological polar surface area (TPSA) is 66.8 Å². The van der Waals surface area contributed by atoms with Crippen molar-refractivity contribution in [2.45, 2.75) is 4.90 Å². The zero-order valence-corrected chi connectivity index (χ0v) is 10.1. The van der Waals surface area contributed by atoms with Crippen LogP contribution in [0.5, 0.6) is 5.75 Å². The molecule has 0 spiro atoms. The summed E-state index contributed by atoms with van der Waals surface area (Å²) in [6, 6.07) is 6.38. The van der Waals surface area contributed by atoms with Crippen LogP contribution in [0.15, 0.2) is 29.2 Å². The van der Waals surface area contributed by atoms with E-state index >= 15 is 0 Å². The Balaban J connectivity index is 3.16. The number of hydrogen-bond acceptors (Lipinski definition) is 4. The summed E-state index contributed by atoms with van der Waals surface area (Å²) in [7, 11) is -0.764. The summed E-state index contributed by atoms with van der Waals surface area (Å²) in [5, 5.41) is 8.74. The number of nitrogens with zero attached hydrogens (tertiary/aromatic N) is 1. The third-order valence-electron chi connectivity index (χ3n) is 2.17. The Morgan fingerprint density at radius 2 is 2.00 bits per heavy atom. The van der Waals surface area contributed by atoms with Crippen molar-refractivity contribution in [3.63, 3.8) is 0 Å². The molecule has 0 aromatic heterocycles. The molecule has 6 heteroatoms. The maximum atomic E-state index is 12.0. The fraction of sp³-hybridized carbons (Fsp3) is 0.400. The van der Waals surface area contributed by atoms with Crippen molar-refractivity contribution in [2.75, 3.05) is 27.3 Å². The highest BCUT2D eigenvalue weighted by Gasteiger charge is 2.23. The summed E-state index contributed by atoms with van der Waals surface area (Å²) >= 11 is 0. The van der Waals surface area contributed by atoms with Crippen LogP contribution in [0.2, 0.25) is 0 Å². The predicted molar refractivity (Wildman–Crippen MR) is 59.9 cm³/mol. The van der Waals surface area contributed by atoms with Gasteiger partial charge in [0.15, 0.2) is 0 Å². The Labute approximate surface area is 95.3 Å². The molecule has 0 unspecified atom stereocenters. The lowest BCUT2D eigenvalue weighted by atomic mass is 10.3. The molecule has 1 aromatic rings. The maximum Gasteiger partial charge on any atom is 0.246 e. The van der Waals surface area contributed by atoms with Crippen LogP contribution in [0.3, 0.4) is 0 Å². The molecule has 0 amide bonds. The predicted octanol–water partition coefficient (Wildman–Crippen LogP) is 0.308. The molecule has 1 rings (SSSR count). The molecule has 0 atom stereocenters. The number of likely N-dealkylation sites (N-methyl/N-ethyl adjacent to an activating group) is 1. The number of ether oxygens (including phenoxy) is 1. The average molecular weight is 245 g/mol. The van der Waals surface area contributed by atoms with Gasteiger partial charge in [0.05, 0.1) is 13.7 Å². The first-order valence-electron chi connectivity index (χ1n) is 4.74. The number of aliphatic hydroxyl groups is 1. The number of methoxy groups -OCH3 is 1. The lowest BCUT2D eigenvalue weighted by Crippen LogP contribution is -2.29. The molecular formula is C10H15NO4S. The normalized spacial score (nSPS) is 11.8. The fourth-order valence-corrected chi connectivity index (χ4v) is 2.57. The third-order valence-corrected chi connectivity index (χ3v) is 4.07. The van der Waals surface area contributed by atoms with Gasteiger partial charge in [-0.15, -0.1) is 0 Å². The van der Waals surface area contributed by atoms with Gasteiger partial charge in [-0.3, -0.25) is 0 Å². The van der Waals surface area contributed by atoms with Gasteiger partial charge in [-0.2, -0.15) is 4.31 Å². The van der Waals surface area contributed by atoms with Crippen LogP contribution in [0.25, 0.3) is 0 Å². The molecule has 5 nitrogen and oxygen atoms in total. The van der Waals surface area contributed by atoms with Crippen LogP contribution in [0, 0.1) is 0 Å². The highest BCUT2D eigenvalue weighted by Crippen LogP contribution is 2.25. The van der Waals surface area contributed by atoms with E-state index in [-0.39, 0.29) is 18.0 Å². The van der Waals surface area contributed by atoms with E-state index in [2.05, 4.69) is 0 Å². The second-order valence-electron chi connectivity index (χ2n) is 3.20. The molecule has 0 heterocycles. The van der Waals surface area contributed by atoms with Gasteiger partial charge < -0.3 is 9.84 Å². The van der Waals surface area contributed by atoms with E-state index in [1.54, 1.807) is 18.2 Å². The lowest BCUT2D eigenvalue weighted by molar-refractivity contribution is 0.266. The number of rotatable bonds is 5. The molecule has 1 N–H and O–H groups in total. The van der Waals surface area contributed by atoms with E-state index in [0.29, 0.717) is 5.75 Å². The fourth-order valence-electron chi connectivity index (χ4n) is 1.26. The average Bonchev–Trinajstić information content (AvgIpc) is 2.29. The number of sulfonamides is 1. The molecule has 0 radical (unpaired) electrons. The molecule has 16 heavy (non-hydrogen) atoms. The summed E-state index contributed by atoms with van der Waals surface area (Å²) in [6.45, 7) is -0.161. The van der Waals surface area contributed by atoms with Crippen molar-refractivity contribution in [1.29, 1.82) is 0 Å². The minimum absolute atomic E-state index is 0.0559. The van der Waals surface area contributed by atoms with Crippen molar-refractivity contribution in [1.82, 2.24) is 4.31 Å². The van der Waals surface area contributed by atoms with E-state index in [1.807, 2.05) is 0 Å². The van der Waals surface area contributed by atoms with E-state index in [9.17, 15) is 8.42 Å². The minimum atomic E-state index is -3.60. The Bertz CT molecular complexity index is 444. The Morgan fingerprint density at radius 3 is 2.56 bits per heavy atom. The molecule has 0 fully saturated rings. The molecule has 0 aliphatic rings. The first kappa shape index (κ1) is 13.0. The van der Waals surface area contributed by atoms with Gasteiger partial charge in [-0.05, 0) is 12.1 Å². The standard InChI is InChI=1S/C10H15NO4S/c1-11(7-8-12)16(13,14)10-6-4-3-5-9(10)15-2/h3-6,12H,7-8H2,1-2H3. The number of benzene rings is 1. The molecule has 0 bridgehead atoms. The molecule has 1 aromatic carbocycles. The monoisotopic (exact) mass is 245 g/mol. The van der Waals surface area contributed by atoms with Crippen molar-refractivity contribution < 1.29 is 18.3 Å². The van der Waals surface area contributed by atoms with E-state index < -0.39 is 10.0 Å². The van der Waals surface area contributed by atoms with Gasteiger partial charge in [0, 0.05) is 13.6 Å². The molecular weight excluding hydrogens is 230 g/mol. The SMILES string of the molecule is COc1ccccc1S(=O)(=O)N(C)CCO.